The minimum Gasteiger partial charge on any atom is -0.503 e. The van der Waals surface area contributed by atoms with Crippen LogP contribution in [0.4, 0.5) is 0 Å². The minimum atomic E-state index is -0.134. The maximum Gasteiger partial charge on any atom is 0.189 e. The van der Waals surface area contributed by atoms with Gasteiger partial charge in [0.05, 0.1) is 22.8 Å². The summed E-state index contributed by atoms with van der Waals surface area (Å²) < 4.78 is 7.43. The van der Waals surface area contributed by atoms with Crippen LogP contribution in [0.5, 0.6) is 11.5 Å². The molecule has 0 saturated carbocycles. The largest absolute Gasteiger partial charge is 0.503 e. The molecule has 0 saturated heterocycles. The molecule has 0 atom stereocenters. The van der Waals surface area contributed by atoms with Crippen molar-refractivity contribution in [2.24, 2.45) is 7.05 Å². The first-order valence-corrected chi connectivity index (χ1v) is 7.17. The number of hydrogen-bond acceptors (Lipinski definition) is 4. The van der Waals surface area contributed by atoms with E-state index in [1.807, 2.05) is 6.92 Å². The number of aromatic nitrogens is 2. The number of ketones is 1. The van der Waals surface area contributed by atoms with Crippen molar-refractivity contribution in [2.45, 2.75) is 6.92 Å². The summed E-state index contributed by atoms with van der Waals surface area (Å²) >= 11 is 3.26. The van der Waals surface area contributed by atoms with Gasteiger partial charge in [0.2, 0.25) is 0 Å². The molecule has 5 nitrogen and oxygen atoms in total. The highest BCUT2D eigenvalue weighted by atomic mass is 79.9. The minimum absolute atomic E-state index is 0.0487. The number of benzene rings is 1. The van der Waals surface area contributed by atoms with Gasteiger partial charge in [0.1, 0.15) is 0 Å². The van der Waals surface area contributed by atoms with E-state index in [0.29, 0.717) is 22.4 Å². The van der Waals surface area contributed by atoms with E-state index in [4.69, 9.17) is 4.74 Å². The molecular weight excluding hydrogens is 336 g/mol. The number of hydrogen-bond donors (Lipinski definition) is 1. The highest BCUT2D eigenvalue weighted by molar-refractivity contribution is 9.10. The first-order chi connectivity index (χ1) is 10.0. The number of phenols is 1. The van der Waals surface area contributed by atoms with Gasteiger partial charge in [0, 0.05) is 13.2 Å². The van der Waals surface area contributed by atoms with Crippen molar-refractivity contribution in [3.8, 4) is 11.5 Å². The van der Waals surface area contributed by atoms with Gasteiger partial charge in [-0.1, -0.05) is 6.08 Å². The highest BCUT2D eigenvalue weighted by Gasteiger charge is 2.09. The lowest BCUT2D eigenvalue weighted by Gasteiger charge is -2.08. The molecule has 0 bridgehead atoms. The maximum atomic E-state index is 12.0. The Bertz CT molecular complexity index is 692. The van der Waals surface area contributed by atoms with Gasteiger partial charge in [-0.25, -0.2) is 0 Å². The smallest absolute Gasteiger partial charge is 0.189 e. The molecule has 0 spiro atoms. The van der Waals surface area contributed by atoms with E-state index in [2.05, 4.69) is 21.0 Å². The van der Waals surface area contributed by atoms with E-state index in [-0.39, 0.29) is 11.5 Å². The molecule has 0 aliphatic heterocycles. The third-order valence-electron chi connectivity index (χ3n) is 2.77. The fourth-order valence-electron chi connectivity index (χ4n) is 1.77. The van der Waals surface area contributed by atoms with Crippen molar-refractivity contribution >= 4 is 27.8 Å². The highest BCUT2D eigenvalue weighted by Crippen LogP contribution is 2.35. The average molecular weight is 351 g/mol. The van der Waals surface area contributed by atoms with Crippen molar-refractivity contribution in [3.63, 3.8) is 0 Å². The Morgan fingerprint density at radius 1 is 1.52 bits per heavy atom. The quantitative estimate of drug-likeness (QED) is 0.664. The van der Waals surface area contributed by atoms with Crippen molar-refractivity contribution < 1.29 is 14.6 Å². The van der Waals surface area contributed by atoms with E-state index < -0.39 is 0 Å². The summed E-state index contributed by atoms with van der Waals surface area (Å²) in [4.78, 5) is 12.0. The number of carbonyl (C=O) groups excluding carboxylic acids is 1. The maximum absolute atomic E-state index is 12.0. The zero-order valence-electron chi connectivity index (χ0n) is 11.7. The van der Waals surface area contributed by atoms with E-state index >= 15 is 0 Å². The van der Waals surface area contributed by atoms with Crippen molar-refractivity contribution in [1.29, 1.82) is 0 Å². The summed E-state index contributed by atoms with van der Waals surface area (Å²) in [5, 5.41) is 13.8. The molecular formula is C15H15BrN2O3. The van der Waals surface area contributed by atoms with Gasteiger partial charge in [-0.3, -0.25) is 9.48 Å². The molecule has 2 rings (SSSR count). The van der Waals surface area contributed by atoms with Crippen LogP contribution < -0.4 is 4.74 Å². The predicted molar refractivity (Wildman–Crippen MR) is 83.5 cm³/mol. The molecule has 110 valence electrons. The van der Waals surface area contributed by atoms with Gasteiger partial charge < -0.3 is 9.84 Å². The molecule has 21 heavy (non-hydrogen) atoms. The predicted octanol–water partition coefficient (Wildman–Crippen LogP) is 3.18. The molecule has 0 amide bonds. The Hall–Kier alpha value is -2.08. The molecule has 1 heterocycles. The Balaban J connectivity index is 2.22. The summed E-state index contributed by atoms with van der Waals surface area (Å²) in [7, 11) is 1.76. The number of nitrogens with zero attached hydrogens (tertiary/aromatic N) is 2. The Morgan fingerprint density at radius 2 is 2.29 bits per heavy atom. The van der Waals surface area contributed by atoms with E-state index in [9.17, 15) is 9.90 Å². The molecule has 1 aromatic heterocycles. The SMILES string of the molecule is CCOc1cc(C=CC(=O)c2cnn(C)c2)cc(Br)c1O. The third kappa shape index (κ3) is 3.72. The Kier molecular flexibility index (Phi) is 4.80. The summed E-state index contributed by atoms with van der Waals surface area (Å²) in [5.74, 6) is 0.290. The first-order valence-electron chi connectivity index (χ1n) is 6.37. The topological polar surface area (TPSA) is 64.3 Å². The number of aromatic hydroxyl groups is 1. The first kappa shape index (κ1) is 15.3. The number of allylic oxidation sites excluding steroid dienone is 1. The van der Waals surface area contributed by atoms with Gasteiger partial charge in [0.15, 0.2) is 17.3 Å². The monoisotopic (exact) mass is 350 g/mol. The van der Waals surface area contributed by atoms with Crippen LogP contribution in [0, 0.1) is 0 Å². The number of carbonyl (C=O) groups is 1. The lowest BCUT2D eigenvalue weighted by molar-refractivity contribution is 0.104. The van der Waals surface area contributed by atoms with Crippen molar-refractivity contribution in [3.05, 3.63) is 46.2 Å². The molecule has 2 aromatic rings. The fourth-order valence-corrected chi connectivity index (χ4v) is 2.23. The van der Waals surface area contributed by atoms with Crippen molar-refractivity contribution in [2.75, 3.05) is 6.61 Å². The van der Waals surface area contributed by atoms with Crippen LogP contribution in [-0.2, 0) is 7.05 Å². The third-order valence-corrected chi connectivity index (χ3v) is 3.37. The van der Waals surface area contributed by atoms with Crippen LogP contribution in [0.25, 0.3) is 6.08 Å². The zero-order chi connectivity index (χ0) is 15.4. The van der Waals surface area contributed by atoms with Gasteiger partial charge >= 0.3 is 0 Å². The molecule has 0 radical (unpaired) electrons. The van der Waals surface area contributed by atoms with Crippen molar-refractivity contribution in [1.82, 2.24) is 9.78 Å². The fraction of sp³-hybridized carbons (Fsp3) is 0.200. The van der Waals surface area contributed by atoms with E-state index in [0.717, 1.165) is 5.56 Å². The Labute approximate surface area is 131 Å². The standard InChI is InChI=1S/C15H15BrN2O3/c1-3-21-14-7-10(6-12(16)15(14)20)4-5-13(19)11-8-17-18(2)9-11/h4-9,20H,3H2,1-2H3. The number of halogens is 1. The number of rotatable bonds is 5. The number of phenolic OH excluding ortho intramolecular Hbond substituents is 1. The van der Waals surface area contributed by atoms with Gasteiger partial charge in [0.25, 0.3) is 0 Å². The normalized spacial score (nSPS) is 11.0. The van der Waals surface area contributed by atoms with E-state index in [1.165, 1.54) is 12.3 Å². The van der Waals surface area contributed by atoms with Gasteiger partial charge in [-0.15, -0.1) is 0 Å². The number of aryl methyl sites for hydroxylation is 1. The lowest BCUT2D eigenvalue weighted by atomic mass is 10.1. The van der Waals surface area contributed by atoms with Gasteiger partial charge in [-0.05, 0) is 46.6 Å². The van der Waals surface area contributed by atoms with Crippen LogP contribution in [0.15, 0.2) is 35.1 Å². The van der Waals surface area contributed by atoms with Crippen LogP contribution >= 0.6 is 15.9 Å². The van der Waals surface area contributed by atoms with Crippen LogP contribution in [0.3, 0.4) is 0 Å². The summed E-state index contributed by atoms with van der Waals surface area (Å²) in [6.07, 6.45) is 6.31. The second kappa shape index (κ2) is 6.58. The number of ether oxygens (including phenoxy) is 1. The van der Waals surface area contributed by atoms with Gasteiger partial charge in [-0.2, -0.15) is 5.10 Å². The molecule has 1 N–H and O–H groups in total. The summed E-state index contributed by atoms with van der Waals surface area (Å²) in [5.41, 5.74) is 1.27. The molecule has 0 aliphatic carbocycles. The second-order valence-electron chi connectivity index (χ2n) is 4.38. The average Bonchev–Trinajstić information content (AvgIpc) is 2.88. The Morgan fingerprint density at radius 3 is 2.90 bits per heavy atom. The molecule has 0 unspecified atom stereocenters. The molecule has 6 heteroatoms. The summed E-state index contributed by atoms with van der Waals surface area (Å²) in [6.45, 7) is 2.28. The van der Waals surface area contributed by atoms with Crippen LogP contribution in [-0.4, -0.2) is 27.3 Å². The van der Waals surface area contributed by atoms with E-state index in [1.54, 1.807) is 36.1 Å². The molecule has 1 aromatic carbocycles. The molecule has 0 fully saturated rings. The lowest BCUT2D eigenvalue weighted by Crippen LogP contribution is -1.94. The van der Waals surface area contributed by atoms with Crippen LogP contribution in [0.1, 0.15) is 22.8 Å². The zero-order valence-corrected chi connectivity index (χ0v) is 13.3. The second-order valence-corrected chi connectivity index (χ2v) is 5.24. The van der Waals surface area contributed by atoms with Crippen LogP contribution in [0.2, 0.25) is 0 Å². The molecule has 0 aliphatic rings. The summed E-state index contributed by atoms with van der Waals surface area (Å²) in [6, 6.07) is 3.39.